The summed E-state index contributed by atoms with van der Waals surface area (Å²) in [6.07, 6.45) is 3.04. The van der Waals surface area contributed by atoms with Gasteiger partial charge in [-0.15, -0.1) is 0 Å². The molecule has 1 unspecified atom stereocenters. The molecule has 1 fully saturated rings. The van der Waals surface area contributed by atoms with Crippen molar-refractivity contribution < 1.29 is 14.3 Å². The number of hydrogen-bond acceptors (Lipinski definition) is 3. The van der Waals surface area contributed by atoms with E-state index in [2.05, 4.69) is 19.1 Å². The van der Waals surface area contributed by atoms with Crippen molar-refractivity contribution in [3.63, 3.8) is 0 Å². The zero-order valence-electron chi connectivity index (χ0n) is 11.0. The predicted octanol–water partition coefficient (Wildman–Crippen LogP) is 2.27. The van der Waals surface area contributed by atoms with E-state index in [0.717, 1.165) is 37.3 Å². The average Bonchev–Trinajstić information content (AvgIpc) is 3.16. The highest BCUT2D eigenvalue weighted by molar-refractivity contribution is 5.82. The van der Waals surface area contributed by atoms with Gasteiger partial charge in [0.15, 0.2) is 11.5 Å². The van der Waals surface area contributed by atoms with E-state index in [1.165, 1.54) is 11.1 Å². The molecule has 1 amide bonds. The summed E-state index contributed by atoms with van der Waals surface area (Å²) >= 11 is 0. The Hall–Kier alpha value is -1.71. The Balaban J connectivity index is 1.69. The SMILES string of the molecule is CC1c2cc3c(cc2CCN1C(=O)C1CC1)OCO3. The van der Waals surface area contributed by atoms with Crippen molar-refractivity contribution in [2.45, 2.75) is 32.2 Å². The molecule has 100 valence electrons. The van der Waals surface area contributed by atoms with Crippen LogP contribution in [-0.4, -0.2) is 24.1 Å². The summed E-state index contributed by atoms with van der Waals surface area (Å²) in [5, 5.41) is 0. The van der Waals surface area contributed by atoms with E-state index in [4.69, 9.17) is 9.47 Å². The van der Waals surface area contributed by atoms with Crippen molar-refractivity contribution in [2.75, 3.05) is 13.3 Å². The smallest absolute Gasteiger partial charge is 0.231 e. The molecule has 3 aliphatic rings. The van der Waals surface area contributed by atoms with Gasteiger partial charge in [0.1, 0.15) is 0 Å². The Bertz CT molecular complexity index is 551. The van der Waals surface area contributed by atoms with Crippen LogP contribution in [0, 0.1) is 5.92 Å². The molecule has 2 aliphatic heterocycles. The van der Waals surface area contributed by atoms with E-state index < -0.39 is 0 Å². The molecule has 0 aromatic heterocycles. The van der Waals surface area contributed by atoms with Crippen molar-refractivity contribution >= 4 is 5.91 Å². The van der Waals surface area contributed by atoms with E-state index in [1.807, 2.05) is 4.90 Å². The van der Waals surface area contributed by atoms with Gasteiger partial charge in [-0.25, -0.2) is 0 Å². The first-order valence-electron chi connectivity index (χ1n) is 6.97. The lowest BCUT2D eigenvalue weighted by atomic mass is 9.92. The molecular formula is C15H17NO3. The van der Waals surface area contributed by atoms with Crippen LogP contribution in [-0.2, 0) is 11.2 Å². The predicted molar refractivity (Wildman–Crippen MR) is 69.1 cm³/mol. The number of amides is 1. The molecule has 19 heavy (non-hydrogen) atoms. The van der Waals surface area contributed by atoms with Gasteiger partial charge in [-0.05, 0) is 49.4 Å². The van der Waals surface area contributed by atoms with Crippen LogP contribution >= 0.6 is 0 Å². The van der Waals surface area contributed by atoms with E-state index in [-0.39, 0.29) is 12.0 Å². The molecule has 2 heterocycles. The first-order valence-corrected chi connectivity index (χ1v) is 6.97. The van der Waals surface area contributed by atoms with Crippen LogP contribution < -0.4 is 9.47 Å². The third-order valence-electron chi connectivity index (χ3n) is 4.38. The summed E-state index contributed by atoms with van der Waals surface area (Å²) in [6, 6.07) is 4.27. The maximum absolute atomic E-state index is 12.3. The molecule has 0 spiro atoms. The third-order valence-corrected chi connectivity index (χ3v) is 4.38. The highest BCUT2D eigenvalue weighted by Crippen LogP contribution is 2.42. The fourth-order valence-corrected chi connectivity index (χ4v) is 3.07. The Labute approximate surface area is 112 Å². The second-order valence-corrected chi connectivity index (χ2v) is 5.64. The lowest BCUT2D eigenvalue weighted by molar-refractivity contribution is -0.135. The molecule has 1 aromatic carbocycles. The van der Waals surface area contributed by atoms with Crippen LogP contribution in [0.1, 0.15) is 36.9 Å². The molecule has 4 nitrogen and oxygen atoms in total. The number of ether oxygens (including phenoxy) is 2. The quantitative estimate of drug-likeness (QED) is 0.776. The van der Waals surface area contributed by atoms with E-state index in [9.17, 15) is 4.79 Å². The zero-order chi connectivity index (χ0) is 13.0. The molecule has 0 saturated heterocycles. The molecule has 4 rings (SSSR count). The van der Waals surface area contributed by atoms with Gasteiger partial charge >= 0.3 is 0 Å². The molecule has 0 bridgehead atoms. The van der Waals surface area contributed by atoms with Gasteiger partial charge in [-0.3, -0.25) is 4.79 Å². The first kappa shape index (κ1) is 11.1. The monoisotopic (exact) mass is 259 g/mol. The molecule has 0 radical (unpaired) electrons. The molecule has 1 saturated carbocycles. The maximum atomic E-state index is 12.3. The number of benzene rings is 1. The van der Waals surface area contributed by atoms with E-state index >= 15 is 0 Å². The number of carbonyl (C=O) groups excluding carboxylic acids is 1. The van der Waals surface area contributed by atoms with Crippen molar-refractivity contribution in [3.8, 4) is 11.5 Å². The summed E-state index contributed by atoms with van der Waals surface area (Å²) in [4.78, 5) is 14.3. The Morgan fingerprint density at radius 1 is 1.26 bits per heavy atom. The Morgan fingerprint density at radius 2 is 2.00 bits per heavy atom. The van der Waals surface area contributed by atoms with Crippen molar-refractivity contribution in [1.29, 1.82) is 0 Å². The summed E-state index contributed by atoms with van der Waals surface area (Å²) in [5.74, 6) is 2.27. The summed E-state index contributed by atoms with van der Waals surface area (Å²) < 4.78 is 10.9. The maximum Gasteiger partial charge on any atom is 0.231 e. The van der Waals surface area contributed by atoms with Crippen molar-refractivity contribution in [2.24, 2.45) is 5.92 Å². The second-order valence-electron chi connectivity index (χ2n) is 5.64. The zero-order valence-corrected chi connectivity index (χ0v) is 11.0. The van der Waals surface area contributed by atoms with Gasteiger partial charge in [-0.2, -0.15) is 0 Å². The molecular weight excluding hydrogens is 242 g/mol. The normalized spacial score (nSPS) is 24.3. The number of nitrogens with zero attached hydrogens (tertiary/aromatic N) is 1. The Kier molecular flexibility index (Phi) is 2.28. The highest BCUT2D eigenvalue weighted by atomic mass is 16.7. The third kappa shape index (κ3) is 1.70. The topological polar surface area (TPSA) is 38.8 Å². The van der Waals surface area contributed by atoms with Gasteiger partial charge in [0.2, 0.25) is 12.7 Å². The van der Waals surface area contributed by atoms with E-state index in [1.54, 1.807) is 0 Å². The molecule has 1 aliphatic carbocycles. The largest absolute Gasteiger partial charge is 0.454 e. The lowest BCUT2D eigenvalue weighted by Crippen LogP contribution is -2.39. The van der Waals surface area contributed by atoms with Gasteiger partial charge in [0.05, 0.1) is 6.04 Å². The first-order chi connectivity index (χ1) is 9.24. The Morgan fingerprint density at radius 3 is 2.74 bits per heavy atom. The van der Waals surface area contributed by atoms with Crippen LogP contribution in [0.25, 0.3) is 0 Å². The van der Waals surface area contributed by atoms with Crippen molar-refractivity contribution in [1.82, 2.24) is 4.90 Å². The second kappa shape index (κ2) is 3.89. The van der Waals surface area contributed by atoms with Gasteiger partial charge < -0.3 is 14.4 Å². The minimum absolute atomic E-state index is 0.145. The van der Waals surface area contributed by atoms with E-state index in [0.29, 0.717) is 12.7 Å². The fraction of sp³-hybridized carbons (Fsp3) is 0.533. The number of rotatable bonds is 1. The molecule has 0 N–H and O–H groups in total. The number of fused-ring (bicyclic) bond motifs is 2. The summed E-state index contributed by atoms with van der Waals surface area (Å²) in [6.45, 7) is 3.24. The summed E-state index contributed by atoms with van der Waals surface area (Å²) in [7, 11) is 0. The summed E-state index contributed by atoms with van der Waals surface area (Å²) in [5.41, 5.74) is 2.50. The standard InChI is InChI=1S/C15H17NO3/c1-9-12-7-14-13(18-8-19-14)6-11(12)4-5-16(9)15(17)10-2-3-10/h6-7,9-10H,2-5,8H2,1H3. The minimum Gasteiger partial charge on any atom is -0.454 e. The fourth-order valence-electron chi connectivity index (χ4n) is 3.07. The minimum atomic E-state index is 0.145. The lowest BCUT2D eigenvalue weighted by Gasteiger charge is -2.35. The van der Waals surface area contributed by atoms with Crippen LogP contribution in [0.15, 0.2) is 12.1 Å². The van der Waals surface area contributed by atoms with Crippen LogP contribution in [0.3, 0.4) is 0 Å². The van der Waals surface area contributed by atoms with Gasteiger partial charge in [0, 0.05) is 12.5 Å². The molecule has 4 heteroatoms. The number of carbonyl (C=O) groups is 1. The van der Waals surface area contributed by atoms with Crippen LogP contribution in [0.4, 0.5) is 0 Å². The van der Waals surface area contributed by atoms with Gasteiger partial charge in [0.25, 0.3) is 0 Å². The van der Waals surface area contributed by atoms with Gasteiger partial charge in [-0.1, -0.05) is 0 Å². The average molecular weight is 259 g/mol. The van der Waals surface area contributed by atoms with Crippen LogP contribution in [0.5, 0.6) is 11.5 Å². The molecule has 1 aromatic rings. The molecule has 1 atom stereocenters. The van der Waals surface area contributed by atoms with Crippen molar-refractivity contribution in [3.05, 3.63) is 23.3 Å². The number of hydrogen-bond donors (Lipinski definition) is 0. The highest BCUT2D eigenvalue weighted by Gasteiger charge is 2.37. The van der Waals surface area contributed by atoms with Crippen LogP contribution in [0.2, 0.25) is 0 Å².